The van der Waals surface area contributed by atoms with Gasteiger partial charge in [-0.05, 0) is 19.1 Å². The van der Waals surface area contributed by atoms with E-state index in [4.69, 9.17) is 4.74 Å². The molecule has 0 aliphatic carbocycles. The summed E-state index contributed by atoms with van der Waals surface area (Å²) >= 11 is 0. The average Bonchev–Trinajstić information content (AvgIpc) is 2.36. The van der Waals surface area contributed by atoms with E-state index < -0.39 is 0 Å². The number of rotatable bonds is 4. The van der Waals surface area contributed by atoms with E-state index in [0.29, 0.717) is 12.3 Å². The normalized spacial score (nSPS) is 10.2. The minimum absolute atomic E-state index is 0.0217. The van der Waals surface area contributed by atoms with Gasteiger partial charge in [-0.15, -0.1) is 0 Å². The number of pyridine rings is 1. The first kappa shape index (κ1) is 11.4. The van der Waals surface area contributed by atoms with Gasteiger partial charge in [0.05, 0.1) is 11.7 Å². The molecule has 0 aliphatic heterocycles. The average molecular weight is 230 g/mol. The Balaban J connectivity index is 2.06. The Morgan fingerprint density at radius 1 is 1.41 bits per heavy atom. The Hall–Kier alpha value is -2.10. The van der Waals surface area contributed by atoms with Crippen molar-refractivity contribution in [2.45, 2.75) is 6.92 Å². The standard InChI is InChI=1S/C13H14N2O2/c1-2-14-13(16)9-17-11-7-10-5-3-4-6-12(10)15-8-11/h3-8H,2,9H2,1H3,(H,14,16). The van der Waals surface area contributed by atoms with Crippen molar-refractivity contribution in [3.05, 3.63) is 36.5 Å². The van der Waals surface area contributed by atoms with Crippen molar-refractivity contribution in [2.24, 2.45) is 0 Å². The fourth-order valence-corrected chi connectivity index (χ4v) is 1.53. The van der Waals surface area contributed by atoms with Crippen LogP contribution in [-0.2, 0) is 4.79 Å². The van der Waals surface area contributed by atoms with Crippen LogP contribution in [0.2, 0.25) is 0 Å². The quantitative estimate of drug-likeness (QED) is 0.870. The van der Waals surface area contributed by atoms with E-state index >= 15 is 0 Å². The molecule has 0 saturated heterocycles. The lowest BCUT2D eigenvalue weighted by Gasteiger charge is -2.06. The summed E-state index contributed by atoms with van der Waals surface area (Å²) in [4.78, 5) is 15.5. The third-order valence-electron chi connectivity index (χ3n) is 2.31. The van der Waals surface area contributed by atoms with Crippen molar-refractivity contribution in [2.75, 3.05) is 13.2 Å². The number of ether oxygens (including phenoxy) is 1. The summed E-state index contributed by atoms with van der Waals surface area (Å²) < 4.78 is 5.35. The predicted molar refractivity (Wildman–Crippen MR) is 65.9 cm³/mol. The summed E-state index contributed by atoms with van der Waals surface area (Å²) in [7, 11) is 0. The van der Waals surface area contributed by atoms with Crippen LogP contribution in [0.3, 0.4) is 0 Å². The van der Waals surface area contributed by atoms with Crippen LogP contribution in [0.15, 0.2) is 36.5 Å². The number of nitrogens with zero attached hydrogens (tertiary/aromatic N) is 1. The van der Waals surface area contributed by atoms with E-state index in [9.17, 15) is 4.79 Å². The fraction of sp³-hybridized carbons (Fsp3) is 0.231. The van der Waals surface area contributed by atoms with Crippen molar-refractivity contribution in [1.29, 1.82) is 0 Å². The lowest BCUT2D eigenvalue weighted by atomic mass is 10.2. The molecule has 1 heterocycles. The highest BCUT2D eigenvalue weighted by atomic mass is 16.5. The summed E-state index contributed by atoms with van der Waals surface area (Å²) in [5.41, 5.74) is 0.915. The topological polar surface area (TPSA) is 51.2 Å². The highest BCUT2D eigenvalue weighted by Gasteiger charge is 2.02. The van der Waals surface area contributed by atoms with Crippen molar-refractivity contribution < 1.29 is 9.53 Å². The maximum atomic E-state index is 11.2. The van der Waals surface area contributed by atoms with Gasteiger partial charge in [-0.1, -0.05) is 18.2 Å². The zero-order valence-electron chi connectivity index (χ0n) is 9.64. The van der Waals surface area contributed by atoms with Crippen LogP contribution in [-0.4, -0.2) is 24.0 Å². The molecule has 17 heavy (non-hydrogen) atoms. The Morgan fingerprint density at radius 3 is 3.06 bits per heavy atom. The second-order valence-corrected chi connectivity index (χ2v) is 3.61. The molecule has 1 aromatic heterocycles. The van der Waals surface area contributed by atoms with Crippen LogP contribution in [0, 0.1) is 0 Å². The molecule has 1 aromatic carbocycles. The van der Waals surface area contributed by atoms with Gasteiger partial charge in [0, 0.05) is 11.9 Å². The fourth-order valence-electron chi connectivity index (χ4n) is 1.53. The van der Waals surface area contributed by atoms with Crippen LogP contribution < -0.4 is 10.1 Å². The number of para-hydroxylation sites is 1. The van der Waals surface area contributed by atoms with Crippen LogP contribution in [0.1, 0.15) is 6.92 Å². The predicted octanol–water partition coefficient (Wildman–Crippen LogP) is 1.75. The third kappa shape index (κ3) is 2.93. The molecular formula is C13H14N2O2. The molecule has 2 aromatic rings. The molecular weight excluding hydrogens is 216 g/mol. The number of carbonyl (C=O) groups excluding carboxylic acids is 1. The molecule has 0 aliphatic rings. The lowest BCUT2D eigenvalue weighted by Crippen LogP contribution is -2.28. The van der Waals surface area contributed by atoms with Crippen molar-refractivity contribution in [1.82, 2.24) is 10.3 Å². The number of hydrogen-bond donors (Lipinski definition) is 1. The van der Waals surface area contributed by atoms with E-state index in [2.05, 4.69) is 10.3 Å². The summed E-state index contributed by atoms with van der Waals surface area (Å²) in [6, 6.07) is 9.65. The molecule has 2 rings (SSSR count). The largest absolute Gasteiger partial charge is 0.482 e. The molecule has 0 radical (unpaired) electrons. The van der Waals surface area contributed by atoms with Gasteiger partial charge in [-0.25, -0.2) is 0 Å². The summed E-state index contributed by atoms with van der Waals surface area (Å²) in [6.07, 6.45) is 1.63. The molecule has 4 nitrogen and oxygen atoms in total. The highest BCUT2D eigenvalue weighted by molar-refractivity contribution is 5.80. The van der Waals surface area contributed by atoms with Gasteiger partial charge >= 0.3 is 0 Å². The Labute approximate surface area is 99.6 Å². The smallest absolute Gasteiger partial charge is 0.257 e. The number of amides is 1. The van der Waals surface area contributed by atoms with Gasteiger partial charge in [-0.2, -0.15) is 0 Å². The van der Waals surface area contributed by atoms with E-state index in [-0.39, 0.29) is 12.5 Å². The van der Waals surface area contributed by atoms with Crippen molar-refractivity contribution in [3.63, 3.8) is 0 Å². The zero-order valence-corrected chi connectivity index (χ0v) is 9.64. The first-order valence-corrected chi connectivity index (χ1v) is 5.54. The summed E-state index contributed by atoms with van der Waals surface area (Å²) in [6.45, 7) is 2.50. The first-order chi connectivity index (χ1) is 8.29. The number of aromatic nitrogens is 1. The maximum Gasteiger partial charge on any atom is 0.257 e. The van der Waals surface area contributed by atoms with Crippen LogP contribution in [0.25, 0.3) is 10.9 Å². The maximum absolute atomic E-state index is 11.2. The van der Waals surface area contributed by atoms with E-state index in [1.54, 1.807) is 6.20 Å². The Morgan fingerprint density at radius 2 is 2.24 bits per heavy atom. The molecule has 0 spiro atoms. The molecule has 0 unspecified atom stereocenters. The minimum atomic E-state index is -0.124. The lowest BCUT2D eigenvalue weighted by molar-refractivity contribution is -0.122. The molecule has 0 bridgehead atoms. The second-order valence-electron chi connectivity index (χ2n) is 3.61. The van der Waals surface area contributed by atoms with E-state index in [1.807, 2.05) is 37.3 Å². The van der Waals surface area contributed by atoms with Gasteiger partial charge in [0.2, 0.25) is 0 Å². The Bertz CT molecular complexity index is 526. The van der Waals surface area contributed by atoms with E-state index in [0.717, 1.165) is 10.9 Å². The first-order valence-electron chi connectivity index (χ1n) is 5.54. The number of likely N-dealkylation sites (N-methyl/N-ethyl adjacent to an activating group) is 1. The second kappa shape index (κ2) is 5.30. The van der Waals surface area contributed by atoms with Gasteiger partial charge in [-0.3, -0.25) is 9.78 Å². The molecule has 1 N–H and O–H groups in total. The number of carbonyl (C=O) groups is 1. The molecule has 0 saturated carbocycles. The summed E-state index contributed by atoms with van der Waals surface area (Å²) in [5.74, 6) is 0.482. The molecule has 4 heteroatoms. The molecule has 1 amide bonds. The monoisotopic (exact) mass is 230 g/mol. The molecule has 88 valence electrons. The summed E-state index contributed by atoms with van der Waals surface area (Å²) in [5, 5.41) is 3.67. The number of fused-ring (bicyclic) bond motifs is 1. The highest BCUT2D eigenvalue weighted by Crippen LogP contribution is 2.17. The minimum Gasteiger partial charge on any atom is -0.482 e. The van der Waals surface area contributed by atoms with Crippen molar-refractivity contribution in [3.8, 4) is 5.75 Å². The molecule has 0 atom stereocenters. The van der Waals surface area contributed by atoms with Gasteiger partial charge in [0.15, 0.2) is 6.61 Å². The van der Waals surface area contributed by atoms with Crippen LogP contribution >= 0.6 is 0 Å². The zero-order chi connectivity index (χ0) is 12.1. The molecule has 0 fully saturated rings. The number of hydrogen-bond acceptors (Lipinski definition) is 3. The number of nitrogens with one attached hydrogen (secondary N) is 1. The SMILES string of the molecule is CCNC(=O)COc1cnc2ccccc2c1. The van der Waals surface area contributed by atoms with Gasteiger partial charge < -0.3 is 10.1 Å². The van der Waals surface area contributed by atoms with Crippen LogP contribution in [0.5, 0.6) is 5.75 Å². The van der Waals surface area contributed by atoms with Gasteiger partial charge in [0.1, 0.15) is 5.75 Å². The van der Waals surface area contributed by atoms with Gasteiger partial charge in [0.25, 0.3) is 5.91 Å². The van der Waals surface area contributed by atoms with E-state index in [1.165, 1.54) is 0 Å². The third-order valence-corrected chi connectivity index (χ3v) is 2.31. The van der Waals surface area contributed by atoms with Crippen LogP contribution in [0.4, 0.5) is 0 Å². The van der Waals surface area contributed by atoms with Crippen molar-refractivity contribution >= 4 is 16.8 Å². The Kier molecular flexibility index (Phi) is 3.55. The number of benzene rings is 1.